The molecular formula is C17H28N2O3S. The number of benzene rings is 1. The molecule has 0 fully saturated rings. The molecule has 0 saturated heterocycles. The number of aryl methyl sites for hydroxylation is 1. The molecule has 0 heterocycles. The van der Waals surface area contributed by atoms with Crippen LogP contribution in [0.2, 0.25) is 0 Å². The Kier molecular flexibility index (Phi) is 7.22. The maximum Gasteiger partial charge on any atom is 0.241 e. The molecule has 1 unspecified atom stereocenters. The van der Waals surface area contributed by atoms with Gasteiger partial charge in [0.15, 0.2) is 0 Å². The molecule has 0 radical (unpaired) electrons. The highest BCUT2D eigenvalue weighted by atomic mass is 32.2. The lowest BCUT2D eigenvalue weighted by atomic mass is 10.0. The molecule has 2 N–H and O–H groups in total. The number of carbonyl (C=O) groups excluding carboxylic acids is 1. The van der Waals surface area contributed by atoms with Crippen molar-refractivity contribution in [3.63, 3.8) is 0 Å². The molecule has 0 saturated carbocycles. The monoisotopic (exact) mass is 340 g/mol. The zero-order valence-electron chi connectivity index (χ0n) is 14.6. The number of amides is 1. The molecule has 1 amide bonds. The van der Waals surface area contributed by atoms with E-state index in [9.17, 15) is 13.2 Å². The van der Waals surface area contributed by atoms with E-state index >= 15 is 0 Å². The first-order valence-electron chi connectivity index (χ1n) is 8.05. The van der Waals surface area contributed by atoms with Crippen molar-refractivity contribution >= 4 is 15.9 Å². The Morgan fingerprint density at radius 2 is 1.70 bits per heavy atom. The van der Waals surface area contributed by atoms with Gasteiger partial charge in [-0.2, -0.15) is 4.72 Å². The smallest absolute Gasteiger partial charge is 0.241 e. The van der Waals surface area contributed by atoms with E-state index in [1.807, 2.05) is 34.6 Å². The molecule has 0 bridgehead atoms. The van der Waals surface area contributed by atoms with Crippen molar-refractivity contribution in [2.45, 2.75) is 64.4 Å². The largest absolute Gasteiger partial charge is 0.352 e. The summed E-state index contributed by atoms with van der Waals surface area (Å²) in [5, 5.41) is 2.85. The van der Waals surface area contributed by atoms with Crippen LogP contribution in [0.15, 0.2) is 29.2 Å². The van der Waals surface area contributed by atoms with Crippen LogP contribution in [0.5, 0.6) is 0 Å². The second-order valence-corrected chi connectivity index (χ2v) is 8.15. The molecule has 1 aromatic rings. The van der Waals surface area contributed by atoms with E-state index in [-0.39, 0.29) is 22.8 Å². The van der Waals surface area contributed by atoms with Gasteiger partial charge in [-0.25, -0.2) is 8.42 Å². The summed E-state index contributed by atoms with van der Waals surface area (Å²) in [6.07, 6.45) is 1.25. The zero-order valence-corrected chi connectivity index (χ0v) is 15.4. The maximum absolute atomic E-state index is 12.5. The van der Waals surface area contributed by atoms with Crippen molar-refractivity contribution in [2.24, 2.45) is 5.92 Å². The highest BCUT2D eigenvalue weighted by Gasteiger charge is 2.27. The van der Waals surface area contributed by atoms with Gasteiger partial charge in [-0.3, -0.25) is 4.79 Å². The minimum atomic E-state index is -3.72. The van der Waals surface area contributed by atoms with E-state index in [1.54, 1.807) is 24.3 Å². The fourth-order valence-corrected chi connectivity index (χ4v) is 3.31. The van der Waals surface area contributed by atoms with Gasteiger partial charge < -0.3 is 5.32 Å². The first-order valence-corrected chi connectivity index (χ1v) is 9.53. The Bertz CT molecular complexity index is 609. The van der Waals surface area contributed by atoms with Gasteiger partial charge in [0.05, 0.1) is 4.90 Å². The predicted octanol–water partition coefficient (Wildman–Crippen LogP) is 2.60. The standard InChI is InChI=1S/C17H28N2O3S/c1-6-14(5)18-17(20)16(11-12(2)3)19-23(21,22)15-9-7-13(4)8-10-15/h7-10,12,14,16,19H,6,11H2,1-5H3,(H,18,20)/t14?,16-/m0/s1. The van der Waals surface area contributed by atoms with Crippen LogP contribution in [0, 0.1) is 12.8 Å². The maximum atomic E-state index is 12.5. The molecule has 0 aromatic heterocycles. The SMILES string of the molecule is CCC(C)NC(=O)[C@H](CC(C)C)NS(=O)(=O)c1ccc(C)cc1. The van der Waals surface area contributed by atoms with E-state index in [4.69, 9.17) is 0 Å². The number of carbonyl (C=O) groups is 1. The molecule has 1 rings (SSSR count). The summed E-state index contributed by atoms with van der Waals surface area (Å²) >= 11 is 0. The lowest BCUT2D eigenvalue weighted by molar-refractivity contribution is -0.123. The van der Waals surface area contributed by atoms with Gasteiger partial charge in [0.1, 0.15) is 6.04 Å². The molecule has 6 heteroatoms. The van der Waals surface area contributed by atoms with E-state index in [1.165, 1.54) is 0 Å². The van der Waals surface area contributed by atoms with E-state index in [0.717, 1.165) is 12.0 Å². The van der Waals surface area contributed by atoms with Gasteiger partial charge in [-0.15, -0.1) is 0 Å². The Morgan fingerprint density at radius 1 is 1.13 bits per heavy atom. The summed E-state index contributed by atoms with van der Waals surface area (Å²) in [6.45, 7) is 9.69. The van der Waals surface area contributed by atoms with E-state index in [0.29, 0.717) is 6.42 Å². The van der Waals surface area contributed by atoms with Crippen molar-refractivity contribution in [1.82, 2.24) is 10.0 Å². The molecule has 2 atom stereocenters. The molecule has 0 aliphatic carbocycles. The summed E-state index contributed by atoms with van der Waals surface area (Å²) in [5.41, 5.74) is 0.984. The first kappa shape index (κ1) is 19.6. The molecular weight excluding hydrogens is 312 g/mol. The fourth-order valence-electron chi connectivity index (χ4n) is 2.10. The van der Waals surface area contributed by atoms with Gasteiger partial charge in [-0.1, -0.05) is 38.5 Å². The minimum absolute atomic E-state index is 0.0149. The van der Waals surface area contributed by atoms with Crippen LogP contribution in [-0.2, 0) is 14.8 Å². The summed E-state index contributed by atoms with van der Waals surface area (Å²) in [6, 6.07) is 5.83. The van der Waals surface area contributed by atoms with Crippen molar-refractivity contribution in [2.75, 3.05) is 0 Å². The lowest BCUT2D eigenvalue weighted by Gasteiger charge is -2.22. The quantitative estimate of drug-likeness (QED) is 0.764. The number of hydrogen-bond acceptors (Lipinski definition) is 3. The van der Waals surface area contributed by atoms with Crippen molar-refractivity contribution in [1.29, 1.82) is 0 Å². The Morgan fingerprint density at radius 3 is 2.17 bits per heavy atom. The molecule has 0 aliphatic rings. The third-order valence-corrected chi connectivity index (χ3v) is 5.14. The molecule has 0 spiro atoms. The third kappa shape index (κ3) is 6.31. The van der Waals surface area contributed by atoms with E-state index < -0.39 is 16.1 Å². The molecule has 5 nitrogen and oxygen atoms in total. The second kappa shape index (κ2) is 8.45. The summed E-state index contributed by atoms with van der Waals surface area (Å²) < 4.78 is 27.6. The first-order chi connectivity index (χ1) is 10.7. The fraction of sp³-hybridized carbons (Fsp3) is 0.588. The van der Waals surface area contributed by atoms with Crippen LogP contribution in [0.1, 0.15) is 46.1 Å². The van der Waals surface area contributed by atoms with Gasteiger partial charge in [0, 0.05) is 6.04 Å². The second-order valence-electron chi connectivity index (χ2n) is 6.43. The van der Waals surface area contributed by atoms with Crippen molar-refractivity contribution < 1.29 is 13.2 Å². The van der Waals surface area contributed by atoms with Gasteiger partial charge in [0.2, 0.25) is 15.9 Å². The highest BCUT2D eigenvalue weighted by Crippen LogP contribution is 2.13. The normalized spacial score (nSPS) is 14.5. The summed E-state index contributed by atoms with van der Waals surface area (Å²) in [5.74, 6) is -0.0767. The Hall–Kier alpha value is -1.40. The van der Waals surface area contributed by atoms with Crippen molar-refractivity contribution in [3.05, 3.63) is 29.8 Å². The Balaban J connectivity index is 2.95. The number of nitrogens with one attached hydrogen (secondary N) is 2. The average Bonchev–Trinajstić information content (AvgIpc) is 2.46. The lowest BCUT2D eigenvalue weighted by Crippen LogP contribution is -2.49. The molecule has 23 heavy (non-hydrogen) atoms. The molecule has 0 aliphatic heterocycles. The number of rotatable bonds is 8. The van der Waals surface area contributed by atoms with Crippen LogP contribution in [0.25, 0.3) is 0 Å². The summed E-state index contributed by atoms with van der Waals surface area (Å²) in [4.78, 5) is 12.5. The number of sulfonamides is 1. The predicted molar refractivity (Wildman–Crippen MR) is 92.6 cm³/mol. The average molecular weight is 340 g/mol. The van der Waals surface area contributed by atoms with Crippen molar-refractivity contribution in [3.8, 4) is 0 Å². The molecule has 1 aromatic carbocycles. The van der Waals surface area contributed by atoms with Gasteiger partial charge in [0.25, 0.3) is 0 Å². The highest BCUT2D eigenvalue weighted by molar-refractivity contribution is 7.89. The van der Waals surface area contributed by atoms with Crippen LogP contribution in [-0.4, -0.2) is 26.4 Å². The van der Waals surface area contributed by atoms with Crippen LogP contribution in [0.3, 0.4) is 0 Å². The van der Waals surface area contributed by atoms with E-state index in [2.05, 4.69) is 10.0 Å². The Labute approximate surface area is 139 Å². The minimum Gasteiger partial charge on any atom is -0.352 e. The topological polar surface area (TPSA) is 75.3 Å². The van der Waals surface area contributed by atoms with Gasteiger partial charge >= 0.3 is 0 Å². The number of hydrogen-bond donors (Lipinski definition) is 2. The molecule has 130 valence electrons. The van der Waals surface area contributed by atoms with Gasteiger partial charge in [-0.05, 0) is 44.7 Å². The summed E-state index contributed by atoms with van der Waals surface area (Å²) in [7, 11) is -3.72. The third-order valence-electron chi connectivity index (χ3n) is 3.65. The van der Waals surface area contributed by atoms with Crippen LogP contribution < -0.4 is 10.0 Å². The zero-order chi connectivity index (χ0) is 17.6. The van der Waals surface area contributed by atoms with Crippen LogP contribution >= 0.6 is 0 Å². The van der Waals surface area contributed by atoms with Crippen LogP contribution in [0.4, 0.5) is 0 Å².